The fraction of sp³-hybridized carbons (Fsp3) is 0.317. The molecule has 3 heterocycles. The number of aryl methyl sites for hydroxylation is 2. The van der Waals surface area contributed by atoms with E-state index in [2.05, 4.69) is 130 Å². The Kier molecular flexibility index (Phi) is 6.84. The van der Waals surface area contributed by atoms with Crippen LogP contribution in [0.15, 0.2) is 85.2 Å². The molecule has 2 nitrogen and oxygen atoms in total. The summed E-state index contributed by atoms with van der Waals surface area (Å²) in [5, 5.41) is 2.53. The molecule has 7 rings (SSSR count). The van der Waals surface area contributed by atoms with E-state index in [0.29, 0.717) is 0 Å². The molecule has 2 aromatic heterocycles. The largest absolute Gasteiger partial charge is 0.260 e. The van der Waals surface area contributed by atoms with Crippen LogP contribution in [0.2, 0.25) is 0 Å². The molecule has 0 unspecified atom stereocenters. The lowest BCUT2D eigenvalue weighted by Crippen LogP contribution is -2.62. The molecule has 44 heavy (non-hydrogen) atoms. The quantitative estimate of drug-likeness (QED) is 0.169. The van der Waals surface area contributed by atoms with Crippen LogP contribution in [0.1, 0.15) is 88.1 Å². The lowest BCUT2D eigenvalue weighted by Gasteiger charge is -2.35. The number of pyridine rings is 2. The molecule has 5 aromatic rings. The molecular weight excluding hydrogens is 539 g/mol. The predicted molar refractivity (Wildman–Crippen MR) is 180 cm³/mol. The second-order valence-corrected chi connectivity index (χ2v) is 13.3. The number of aromatic nitrogens is 2. The number of halogens is 1. The van der Waals surface area contributed by atoms with Gasteiger partial charge in [0.1, 0.15) is 5.82 Å². The Hall–Kier alpha value is -4.11. The van der Waals surface area contributed by atoms with E-state index in [-0.39, 0.29) is 11.4 Å². The first-order chi connectivity index (χ1) is 21.3. The van der Waals surface area contributed by atoms with Gasteiger partial charge in [0.25, 0.3) is 11.2 Å². The van der Waals surface area contributed by atoms with Crippen molar-refractivity contribution >= 4 is 22.5 Å². The maximum atomic E-state index is 16.3. The van der Waals surface area contributed by atoms with Crippen molar-refractivity contribution < 1.29 is 13.5 Å². The van der Waals surface area contributed by atoms with Gasteiger partial charge in [-0.3, -0.25) is 0 Å². The number of allylic oxidation sites excluding steroid dienone is 1. The van der Waals surface area contributed by atoms with Gasteiger partial charge in [-0.1, -0.05) is 77.4 Å². The third-order valence-corrected chi connectivity index (χ3v) is 10.6. The summed E-state index contributed by atoms with van der Waals surface area (Å²) in [5.41, 5.74) is 10.7. The first-order valence-electron chi connectivity index (χ1n) is 16.4. The summed E-state index contributed by atoms with van der Waals surface area (Å²) in [6.07, 6.45) is 12.0. The highest BCUT2D eigenvalue weighted by Crippen LogP contribution is 2.52. The molecule has 3 heteroatoms. The molecule has 0 bridgehead atoms. The first kappa shape index (κ1) is 28.6. The lowest BCUT2D eigenvalue weighted by molar-refractivity contribution is -0.761. The molecule has 0 saturated carbocycles. The Morgan fingerprint density at radius 1 is 0.841 bits per heavy atom. The van der Waals surface area contributed by atoms with Gasteiger partial charge >= 0.3 is 0 Å². The Bertz CT molecular complexity index is 1980. The van der Waals surface area contributed by atoms with Crippen LogP contribution in [0.3, 0.4) is 0 Å². The fourth-order valence-corrected chi connectivity index (χ4v) is 8.19. The highest BCUT2D eigenvalue weighted by molar-refractivity contribution is 6.03. The van der Waals surface area contributed by atoms with Gasteiger partial charge < -0.3 is 0 Å². The molecule has 0 atom stereocenters. The number of unbranched alkanes of at least 4 members (excludes halogenated alkanes) is 1. The van der Waals surface area contributed by atoms with Gasteiger partial charge in [-0.05, 0) is 65.6 Å². The number of rotatable bonds is 7. The highest BCUT2D eigenvalue weighted by Gasteiger charge is 2.54. The van der Waals surface area contributed by atoms with Crippen molar-refractivity contribution in [3.63, 3.8) is 0 Å². The van der Waals surface area contributed by atoms with E-state index in [1.54, 1.807) is 6.07 Å². The molecule has 3 aromatic carbocycles. The second-order valence-electron chi connectivity index (χ2n) is 13.3. The van der Waals surface area contributed by atoms with E-state index in [1.165, 1.54) is 38.7 Å². The van der Waals surface area contributed by atoms with Gasteiger partial charge in [-0.25, -0.2) is 4.39 Å². The second kappa shape index (κ2) is 10.5. The topological polar surface area (TPSA) is 7.76 Å². The summed E-state index contributed by atoms with van der Waals surface area (Å²) in [4.78, 5) is 0. The van der Waals surface area contributed by atoms with Crippen molar-refractivity contribution in [1.82, 2.24) is 0 Å². The van der Waals surface area contributed by atoms with Crippen molar-refractivity contribution in [2.24, 2.45) is 0 Å². The summed E-state index contributed by atoms with van der Waals surface area (Å²) in [6.45, 7) is 13.5. The molecule has 0 radical (unpaired) electrons. The Labute approximate surface area is 261 Å². The molecule has 0 N–H and O–H groups in total. The van der Waals surface area contributed by atoms with E-state index in [9.17, 15) is 0 Å². The van der Waals surface area contributed by atoms with E-state index in [1.807, 2.05) is 6.07 Å². The minimum absolute atomic E-state index is 0.120. The van der Waals surface area contributed by atoms with Crippen molar-refractivity contribution in [3.05, 3.63) is 119 Å². The van der Waals surface area contributed by atoms with Gasteiger partial charge in [0.05, 0.1) is 10.9 Å². The normalized spacial score (nSPS) is 15.7. The highest BCUT2D eigenvalue weighted by atomic mass is 19.1. The summed E-state index contributed by atoms with van der Waals surface area (Å²) in [7, 11) is 0. The van der Waals surface area contributed by atoms with Crippen molar-refractivity contribution in [2.75, 3.05) is 0 Å². The summed E-state index contributed by atoms with van der Waals surface area (Å²) < 4.78 is 21.2. The van der Waals surface area contributed by atoms with Crippen molar-refractivity contribution in [2.45, 2.75) is 84.6 Å². The zero-order valence-electron chi connectivity index (χ0n) is 27.0. The van der Waals surface area contributed by atoms with E-state index < -0.39 is 5.41 Å². The van der Waals surface area contributed by atoms with Crippen LogP contribution in [-0.2, 0) is 17.4 Å². The van der Waals surface area contributed by atoms with Crippen LogP contribution in [0, 0.1) is 12.7 Å². The van der Waals surface area contributed by atoms with Crippen molar-refractivity contribution in [1.29, 1.82) is 0 Å². The number of benzene rings is 3. The predicted octanol–water partition coefficient (Wildman–Crippen LogP) is 9.71. The zero-order valence-corrected chi connectivity index (χ0v) is 27.0. The third-order valence-electron chi connectivity index (χ3n) is 10.6. The molecule has 0 fully saturated rings. The van der Waals surface area contributed by atoms with Gasteiger partial charge in [0.2, 0.25) is 11.4 Å². The summed E-state index contributed by atoms with van der Waals surface area (Å²) >= 11 is 0. The van der Waals surface area contributed by atoms with Crippen LogP contribution in [-0.4, -0.2) is 0 Å². The SMILES string of the molecule is CCCCc1cc2c3c4[n+](ccc3c1)C(CC)(CC)C([n+]1ccccc1-c1ccccc1C)=Cc1ccc(F)c(c1-4)C2(C)C. The lowest BCUT2D eigenvalue weighted by atomic mass is 9.68. The molecule has 0 saturated heterocycles. The third kappa shape index (κ3) is 3.98. The molecule has 2 aliphatic rings. The fourth-order valence-electron chi connectivity index (χ4n) is 8.19. The molecular formula is C41H43FN2+2. The maximum Gasteiger partial charge on any atom is 0.260 e. The monoisotopic (exact) mass is 582 g/mol. The van der Waals surface area contributed by atoms with Crippen molar-refractivity contribution in [3.8, 4) is 22.5 Å². The molecule has 222 valence electrons. The van der Waals surface area contributed by atoms with Gasteiger partial charge in [-0.15, -0.1) is 0 Å². The van der Waals surface area contributed by atoms with Gasteiger partial charge in [-0.2, -0.15) is 9.13 Å². The van der Waals surface area contributed by atoms with E-state index in [4.69, 9.17) is 0 Å². The van der Waals surface area contributed by atoms with Crippen LogP contribution in [0.4, 0.5) is 4.39 Å². The van der Waals surface area contributed by atoms with E-state index >= 15 is 4.39 Å². The average molecular weight is 583 g/mol. The minimum Gasteiger partial charge on any atom is -0.207 e. The molecule has 1 aliphatic heterocycles. The minimum atomic E-state index is -0.478. The first-order valence-corrected chi connectivity index (χ1v) is 16.4. The van der Waals surface area contributed by atoms with Crippen LogP contribution in [0.25, 0.3) is 45.1 Å². The van der Waals surface area contributed by atoms with E-state index in [0.717, 1.165) is 60.2 Å². The summed E-state index contributed by atoms with van der Waals surface area (Å²) in [5.74, 6) is -0.120. The molecule has 0 amide bonds. The van der Waals surface area contributed by atoms with Gasteiger partial charge in [0, 0.05) is 53.7 Å². The number of hydrogen-bond acceptors (Lipinski definition) is 0. The van der Waals surface area contributed by atoms with Crippen LogP contribution < -0.4 is 9.13 Å². The summed E-state index contributed by atoms with van der Waals surface area (Å²) in [6, 6.07) is 25.9. The smallest absolute Gasteiger partial charge is 0.207 e. The standard InChI is InChI=1S/C41H43FN2/c1-7-10-16-28-24-30-21-23-44-39-36(30)32(25-28)40(5,6)38-33(42)20-19-29(37(38)39)26-35(41(44,8-2)9-3)43-22-14-13-18-34(43)31-17-12-11-15-27(31)4/h11-15,17-26H,7-10,16H2,1-6H3/q+2. The molecule has 1 aliphatic carbocycles. The Morgan fingerprint density at radius 3 is 2.36 bits per heavy atom. The van der Waals surface area contributed by atoms with Crippen LogP contribution >= 0.6 is 0 Å². The zero-order chi connectivity index (χ0) is 30.8. The van der Waals surface area contributed by atoms with Gasteiger partial charge in [0.15, 0.2) is 12.4 Å². The molecule has 0 spiro atoms. The average Bonchev–Trinajstić information content (AvgIpc) is 3.15. The number of nitrogens with zero attached hydrogens (tertiary/aromatic N) is 2. The van der Waals surface area contributed by atoms with Crippen LogP contribution in [0.5, 0.6) is 0 Å². The maximum absolute atomic E-state index is 16.3. The number of hydrogen-bond donors (Lipinski definition) is 0. The Balaban J connectivity index is 1.63. The Morgan fingerprint density at radius 2 is 1.61 bits per heavy atom.